The van der Waals surface area contributed by atoms with Gasteiger partial charge >= 0.3 is 0 Å². The number of aliphatic hydroxyl groups excluding tert-OH is 6. The number of hydrogen-bond acceptors (Lipinski definition) is 10. The first-order valence-corrected chi connectivity index (χ1v) is 17.6. The zero-order valence-electron chi connectivity index (χ0n) is 26.0. The number of ether oxygens (including phenoxy) is 2. The molecule has 254 valence electrons. The second-order valence-electron chi connectivity index (χ2n) is 11.8. The summed E-state index contributed by atoms with van der Waals surface area (Å²) in [4.78, 5) is -0.0800. The Morgan fingerprint density at radius 2 is 1.43 bits per heavy atom. The zero-order valence-corrected chi connectivity index (χ0v) is 26.9. The number of hydrogen-bond donors (Lipinski definition) is 7. The maximum Gasteiger partial charge on any atom is 0.240 e. The number of rotatable bonds is 23. The normalized spacial score (nSPS) is 24.6. The van der Waals surface area contributed by atoms with Gasteiger partial charge < -0.3 is 40.1 Å². The summed E-state index contributed by atoms with van der Waals surface area (Å²) in [5, 5.41) is 61.7. The van der Waals surface area contributed by atoms with E-state index < -0.39 is 72.2 Å². The first-order chi connectivity index (χ1) is 21.0. The van der Waals surface area contributed by atoms with Crippen molar-refractivity contribution in [3.05, 3.63) is 36.4 Å². The molecule has 0 unspecified atom stereocenters. The molecular weight excluding hydrogens is 590 g/mol. The lowest BCUT2D eigenvalue weighted by atomic mass is 9.99. The Morgan fingerprint density at radius 1 is 0.886 bits per heavy atom. The molecule has 0 saturated carbocycles. The summed E-state index contributed by atoms with van der Waals surface area (Å²) < 4.78 is 39.6. The molecular formula is C32H55NO10S. The van der Waals surface area contributed by atoms with Gasteiger partial charge in [0, 0.05) is 0 Å². The Morgan fingerprint density at radius 3 is 1.95 bits per heavy atom. The molecule has 7 N–H and O–H groups in total. The fraction of sp³-hybridized carbons (Fsp3) is 0.750. The average molecular weight is 646 g/mol. The summed E-state index contributed by atoms with van der Waals surface area (Å²) in [5.74, 6) is 0. The molecule has 12 heteroatoms. The Kier molecular flexibility index (Phi) is 18.2. The summed E-state index contributed by atoms with van der Waals surface area (Å²) in [6, 6.07) is 4.53. The van der Waals surface area contributed by atoms with Crippen molar-refractivity contribution in [1.29, 1.82) is 0 Å². The minimum absolute atomic E-state index is 0.0800. The molecule has 0 radical (unpaired) electrons. The number of unbranched alkanes of at least 4 members (excludes halogenated alkanes) is 11. The lowest BCUT2D eigenvalue weighted by Crippen LogP contribution is -2.60. The van der Waals surface area contributed by atoms with E-state index in [0.717, 1.165) is 19.3 Å². The van der Waals surface area contributed by atoms with Crippen LogP contribution in [0.1, 0.15) is 96.0 Å². The quantitative estimate of drug-likeness (QED) is 0.0873. The summed E-state index contributed by atoms with van der Waals surface area (Å²) in [5.41, 5.74) is 0.712. The van der Waals surface area contributed by atoms with Gasteiger partial charge in [-0.25, -0.2) is 13.1 Å². The van der Waals surface area contributed by atoms with E-state index in [2.05, 4.69) is 18.2 Å². The maximum atomic E-state index is 13.2. The van der Waals surface area contributed by atoms with Gasteiger partial charge in [-0.15, -0.1) is 0 Å². The summed E-state index contributed by atoms with van der Waals surface area (Å²) in [6.07, 6.45) is 4.96. The van der Waals surface area contributed by atoms with E-state index in [1.165, 1.54) is 63.5 Å². The third-order valence-electron chi connectivity index (χ3n) is 8.18. The number of nitrogens with one attached hydrogen (secondary N) is 1. The molecule has 0 aromatic heterocycles. The molecule has 0 aliphatic carbocycles. The van der Waals surface area contributed by atoms with Gasteiger partial charge in [0.15, 0.2) is 6.29 Å². The van der Waals surface area contributed by atoms with E-state index in [-0.39, 0.29) is 11.3 Å². The summed E-state index contributed by atoms with van der Waals surface area (Å²) in [7, 11) is -4.18. The highest BCUT2D eigenvalue weighted by atomic mass is 32.2. The highest BCUT2D eigenvalue weighted by molar-refractivity contribution is 7.89. The molecule has 1 heterocycles. The fourth-order valence-electron chi connectivity index (χ4n) is 5.29. The van der Waals surface area contributed by atoms with E-state index in [1.54, 1.807) is 18.2 Å². The van der Waals surface area contributed by atoms with Crippen molar-refractivity contribution < 1.29 is 48.5 Å². The van der Waals surface area contributed by atoms with Crippen LogP contribution in [-0.2, 0) is 19.5 Å². The highest BCUT2D eigenvalue weighted by Gasteiger charge is 2.44. The van der Waals surface area contributed by atoms with E-state index >= 15 is 0 Å². The Hall–Kier alpha value is -1.45. The molecule has 8 atom stereocenters. The lowest BCUT2D eigenvalue weighted by molar-refractivity contribution is -0.303. The van der Waals surface area contributed by atoms with Crippen molar-refractivity contribution in [3.63, 3.8) is 0 Å². The van der Waals surface area contributed by atoms with Gasteiger partial charge in [-0.3, -0.25) is 0 Å². The first kappa shape index (κ1) is 38.7. The molecule has 1 aromatic rings. The first-order valence-electron chi connectivity index (χ1n) is 16.1. The summed E-state index contributed by atoms with van der Waals surface area (Å²) in [6.45, 7) is 4.65. The van der Waals surface area contributed by atoms with Crippen molar-refractivity contribution in [2.75, 3.05) is 13.2 Å². The van der Waals surface area contributed by atoms with Gasteiger partial charge in [0.25, 0.3) is 0 Å². The van der Waals surface area contributed by atoms with Crippen molar-refractivity contribution in [2.45, 2.75) is 144 Å². The molecule has 0 amide bonds. The smallest absolute Gasteiger partial charge is 0.240 e. The largest absolute Gasteiger partial charge is 0.394 e. The molecule has 0 bridgehead atoms. The van der Waals surface area contributed by atoms with Crippen LogP contribution in [0.4, 0.5) is 0 Å². The molecule has 11 nitrogen and oxygen atoms in total. The molecule has 1 aliphatic heterocycles. The fourth-order valence-corrected chi connectivity index (χ4v) is 6.53. The molecule has 1 fully saturated rings. The number of aliphatic hydroxyl groups is 6. The van der Waals surface area contributed by atoms with Crippen LogP contribution in [0.3, 0.4) is 0 Å². The topological polar surface area (TPSA) is 186 Å². The summed E-state index contributed by atoms with van der Waals surface area (Å²) >= 11 is 0. The minimum Gasteiger partial charge on any atom is -0.394 e. The van der Waals surface area contributed by atoms with Crippen LogP contribution in [0.2, 0.25) is 0 Å². The minimum atomic E-state index is -4.18. The lowest BCUT2D eigenvalue weighted by Gasteiger charge is -2.40. The van der Waals surface area contributed by atoms with Crippen LogP contribution in [0.15, 0.2) is 35.7 Å². The molecule has 2 rings (SSSR count). The molecule has 1 aromatic carbocycles. The average Bonchev–Trinajstić information content (AvgIpc) is 3.02. The van der Waals surface area contributed by atoms with Crippen molar-refractivity contribution in [3.8, 4) is 0 Å². The van der Waals surface area contributed by atoms with Crippen molar-refractivity contribution in [1.82, 2.24) is 4.72 Å². The molecule has 1 aliphatic rings. The number of benzene rings is 1. The van der Waals surface area contributed by atoms with Crippen LogP contribution in [0.5, 0.6) is 0 Å². The van der Waals surface area contributed by atoms with Gasteiger partial charge in [-0.05, 0) is 24.1 Å². The van der Waals surface area contributed by atoms with E-state index in [1.807, 2.05) is 0 Å². The van der Waals surface area contributed by atoms with E-state index in [4.69, 9.17) is 9.47 Å². The van der Waals surface area contributed by atoms with Crippen molar-refractivity contribution >= 4 is 16.1 Å². The molecule has 1 saturated heterocycles. The van der Waals surface area contributed by atoms with E-state index in [9.17, 15) is 39.1 Å². The second-order valence-corrected chi connectivity index (χ2v) is 13.5. The van der Waals surface area contributed by atoms with Gasteiger partial charge in [0.1, 0.15) is 24.4 Å². The van der Waals surface area contributed by atoms with Crippen LogP contribution >= 0.6 is 0 Å². The van der Waals surface area contributed by atoms with Gasteiger partial charge in [-0.2, -0.15) is 0 Å². The van der Waals surface area contributed by atoms with Crippen LogP contribution in [0.25, 0.3) is 6.08 Å². The van der Waals surface area contributed by atoms with Crippen LogP contribution in [-0.4, -0.2) is 101 Å². The predicted octanol–water partition coefficient (Wildman–Crippen LogP) is 2.61. The van der Waals surface area contributed by atoms with Crippen LogP contribution < -0.4 is 4.72 Å². The Bertz CT molecular complexity index is 1020. The second kappa shape index (κ2) is 20.6. The van der Waals surface area contributed by atoms with Gasteiger partial charge in [0.2, 0.25) is 10.0 Å². The standard InChI is InChI=1S/C32H55NO10S/c1-3-5-6-7-8-9-10-11-12-13-14-15-16-26(35)28(36)25(33-44(40,41)24-19-17-23(4-2)18-20-24)22-42-32-31(39)30(38)29(37)27(21-34)43-32/h4,17-20,25-39H,2-3,5-16,21-22H2,1H3/t25-,26-,27-,28+,29+,30+,31-,32+/m1/s1. The van der Waals surface area contributed by atoms with Crippen molar-refractivity contribution in [2.24, 2.45) is 0 Å². The Labute approximate surface area is 263 Å². The Balaban J connectivity index is 1.94. The van der Waals surface area contributed by atoms with Crippen LogP contribution in [0, 0.1) is 0 Å². The van der Waals surface area contributed by atoms with Gasteiger partial charge in [-0.1, -0.05) is 109 Å². The third-order valence-corrected chi connectivity index (χ3v) is 9.69. The predicted molar refractivity (Wildman–Crippen MR) is 168 cm³/mol. The van der Waals surface area contributed by atoms with Gasteiger partial charge in [0.05, 0.1) is 36.4 Å². The molecule has 0 spiro atoms. The third kappa shape index (κ3) is 12.7. The SMILES string of the molecule is C=Cc1ccc(S(=O)(=O)N[C@H](CO[C@H]2O[C@H](CO)[C@H](O)[C@H](O)[C@H]2O)[C@H](O)[C@H](O)CCCCCCCCCCCCCC)cc1. The number of sulfonamides is 1. The maximum absolute atomic E-state index is 13.2. The zero-order chi connectivity index (χ0) is 32.5. The molecule has 44 heavy (non-hydrogen) atoms. The monoisotopic (exact) mass is 645 g/mol. The van der Waals surface area contributed by atoms with E-state index in [0.29, 0.717) is 12.0 Å². The highest BCUT2D eigenvalue weighted by Crippen LogP contribution is 2.23.